The van der Waals surface area contributed by atoms with Gasteiger partial charge in [-0.1, -0.05) is 0 Å². The third-order valence-electron chi connectivity index (χ3n) is 1.63. The van der Waals surface area contributed by atoms with E-state index in [9.17, 15) is 0 Å². The summed E-state index contributed by atoms with van der Waals surface area (Å²) in [4.78, 5) is 0. The maximum absolute atomic E-state index is 5.40. The Bertz CT molecular complexity index is 362. The predicted molar refractivity (Wildman–Crippen MR) is 51.0 cm³/mol. The lowest BCUT2D eigenvalue weighted by atomic mass is 10.5. The highest BCUT2D eigenvalue weighted by Crippen LogP contribution is 2.30. The Morgan fingerprint density at radius 3 is 1.62 bits per heavy atom. The highest BCUT2D eigenvalue weighted by atomic mass is 32.2. The molecule has 2 rings (SSSR count). The largest absolute Gasteiger partial charge is 0.455 e. The van der Waals surface area contributed by atoms with Crippen molar-refractivity contribution in [3.05, 3.63) is 35.8 Å². The van der Waals surface area contributed by atoms with Crippen LogP contribution in [0.1, 0.15) is 11.5 Å². The summed E-state index contributed by atoms with van der Waals surface area (Å²) in [6, 6.07) is 7.77. The number of hydrogen-bond donors (Lipinski definition) is 0. The summed E-state index contributed by atoms with van der Waals surface area (Å²) in [6.45, 7) is 3.86. The minimum Gasteiger partial charge on any atom is -0.455 e. The molecule has 0 spiro atoms. The molecule has 0 aliphatic heterocycles. The first-order valence-electron chi connectivity index (χ1n) is 4.05. The van der Waals surface area contributed by atoms with Crippen molar-refractivity contribution >= 4 is 11.8 Å². The Labute approximate surface area is 80.9 Å². The van der Waals surface area contributed by atoms with Crippen molar-refractivity contribution in [1.29, 1.82) is 0 Å². The molecule has 0 fully saturated rings. The molecule has 0 radical (unpaired) electrons. The number of hydrogen-bond acceptors (Lipinski definition) is 3. The molecular weight excluding hydrogens is 184 g/mol. The van der Waals surface area contributed by atoms with Crippen LogP contribution in [0.4, 0.5) is 0 Å². The fraction of sp³-hybridized carbons (Fsp3) is 0.200. The summed E-state index contributed by atoms with van der Waals surface area (Å²) < 4.78 is 10.8. The summed E-state index contributed by atoms with van der Waals surface area (Å²) in [5.74, 6) is 1.84. The summed E-state index contributed by atoms with van der Waals surface area (Å²) in [5.41, 5.74) is 0. The molecule has 2 heterocycles. The SMILES string of the molecule is Cc1ccc(Sc2ccc(C)o2)o1. The van der Waals surface area contributed by atoms with E-state index in [0.717, 1.165) is 21.7 Å². The second kappa shape index (κ2) is 3.34. The molecule has 3 heteroatoms. The third kappa shape index (κ3) is 1.98. The van der Waals surface area contributed by atoms with Crippen LogP contribution in [-0.4, -0.2) is 0 Å². The second-order valence-corrected chi connectivity index (χ2v) is 3.84. The van der Waals surface area contributed by atoms with Gasteiger partial charge < -0.3 is 8.83 Å². The molecule has 2 aromatic rings. The zero-order valence-electron chi connectivity index (χ0n) is 7.53. The Balaban J connectivity index is 2.14. The summed E-state index contributed by atoms with van der Waals surface area (Å²) in [5, 5.41) is 1.73. The molecule has 2 aromatic heterocycles. The van der Waals surface area contributed by atoms with Gasteiger partial charge in [-0.3, -0.25) is 0 Å². The molecule has 0 bridgehead atoms. The topological polar surface area (TPSA) is 26.3 Å². The second-order valence-electron chi connectivity index (χ2n) is 2.83. The van der Waals surface area contributed by atoms with Crippen LogP contribution in [0, 0.1) is 13.8 Å². The van der Waals surface area contributed by atoms with E-state index in [2.05, 4.69) is 0 Å². The number of aryl methyl sites for hydroxylation is 2. The summed E-state index contributed by atoms with van der Waals surface area (Å²) >= 11 is 1.50. The van der Waals surface area contributed by atoms with Crippen molar-refractivity contribution in [2.75, 3.05) is 0 Å². The van der Waals surface area contributed by atoms with Gasteiger partial charge in [0.05, 0.1) is 0 Å². The zero-order valence-corrected chi connectivity index (χ0v) is 8.35. The van der Waals surface area contributed by atoms with Crippen LogP contribution >= 0.6 is 11.8 Å². The van der Waals surface area contributed by atoms with Crippen molar-refractivity contribution in [2.24, 2.45) is 0 Å². The number of rotatable bonds is 2. The van der Waals surface area contributed by atoms with Crippen LogP contribution in [0.5, 0.6) is 0 Å². The molecule has 0 saturated heterocycles. The summed E-state index contributed by atoms with van der Waals surface area (Å²) in [7, 11) is 0. The van der Waals surface area contributed by atoms with Crippen LogP contribution in [0.2, 0.25) is 0 Å². The van der Waals surface area contributed by atoms with E-state index in [1.807, 2.05) is 38.1 Å². The van der Waals surface area contributed by atoms with Crippen molar-refractivity contribution in [2.45, 2.75) is 24.0 Å². The molecule has 0 aliphatic carbocycles. The van der Waals surface area contributed by atoms with Crippen LogP contribution in [0.3, 0.4) is 0 Å². The van der Waals surface area contributed by atoms with Crippen molar-refractivity contribution in [3.63, 3.8) is 0 Å². The molecule has 0 unspecified atom stereocenters. The Hall–Kier alpha value is -1.09. The van der Waals surface area contributed by atoms with Crippen molar-refractivity contribution in [3.8, 4) is 0 Å². The van der Waals surface area contributed by atoms with Gasteiger partial charge in [-0.25, -0.2) is 0 Å². The van der Waals surface area contributed by atoms with Gasteiger partial charge in [0, 0.05) is 0 Å². The predicted octanol–water partition coefficient (Wildman–Crippen LogP) is 3.64. The van der Waals surface area contributed by atoms with E-state index in [1.165, 1.54) is 11.8 Å². The molecule has 68 valence electrons. The minimum absolute atomic E-state index is 0.867. The molecule has 0 atom stereocenters. The fourth-order valence-corrected chi connectivity index (χ4v) is 1.85. The Morgan fingerprint density at radius 1 is 0.846 bits per heavy atom. The third-order valence-corrected chi connectivity index (χ3v) is 2.47. The van der Waals surface area contributed by atoms with Crippen molar-refractivity contribution in [1.82, 2.24) is 0 Å². The van der Waals surface area contributed by atoms with Crippen LogP contribution in [0.15, 0.2) is 43.3 Å². The van der Waals surface area contributed by atoms with Crippen LogP contribution in [-0.2, 0) is 0 Å². The zero-order chi connectivity index (χ0) is 9.26. The first-order valence-corrected chi connectivity index (χ1v) is 4.86. The lowest BCUT2D eigenvalue weighted by Gasteiger charge is -1.90. The molecule has 0 aromatic carbocycles. The van der Waals surface area contributed by atoms with E-state index in [0.29, 0.717) is 0 Å². The Morgan fingerprint density at radius 2 is 1.31 bits per heavy atom. The van der Waals surface area contributed by atoms with Gasteiger partial charge in [-0.15, -0.1) is 0 Å². The average Bonchev–Trinajstić information content (AvgIpc) is 2.62. The van der Waals surface area contributed by atoms with E-state index < -0.39 is 0 Å². The molecule has 0 N–H and O–H groups in total. The lowest BCUT2D eigenvalue weighted by molar-refractivity contribution is 0.430. The first-order chi connectivity index (χ1) is 6.24. The fourth-order valence-electron chi connectivity index (χ4n) is 1.03. The quantitative estimate of drug-likeness (QED) is 0.730. The van der Waals surface area contributed by atoms with Gasteiger partial charge in [0.15, 0.2) is 10.2 Å². The normalized spacial score (nSPS) is 10.6. The molecule has 2 nitrogen and oxygen atoms in total. The Kier molecular flexibility index (Phi) is 2.19. The van der Waals surface area contributed by atoms with Gasteiger partial charge >= 0.3 is 0 Å². The molecule has 0 saturated carbocycles. The van der Waals surface area contributed by atoms with Crippen LogP contribution in [0.25, 0.3) is 0 Å². The highest BCUT2D eigenvalue weighted by Gasteiger charge is 2.04. The summed E-state index contributed by atoms with van der Waals surface area (Å²) in [6.07, 6.45) is 0. The van der Waals surface area contributed by atoms with Gasteiger partial charge in [-0.05, 0) is 49.9 Å². The molecule has 0 aliphatic rings. The van der Waals surface area contributed by atoms with Gasteiger partial charge in [0.1, 0.15) is 11.5 Å². The molecule has 0 amide bonds. The first kappa shape index (κ1) is 8.51. The molecule has 13 heavy (non-hydrogen) atoms. The van der Waals surface area contributed by atoms with Gasteiger partial charge in [0.2, 0.25) is 0 Å². The average molecular weight is 194 g/mol. The smallest absolute Gasteiger partial charge is 0.168 e. The molecular formula is C10H10O2S. The van der Waals surface area contributed by atoms with Crippen molar-refractivity contribution < 1.29 is 8.83 Å². The van der Waals surface area contributed by atoms with Crippen LogP contribution < -0.4 is 0 Å². The highest BCUT2D eigenvalue weighted by molar-refractivity contribution is 7.99. The lowest BCUT2D eigenvalue weighted by Crippen LogP contribution is -1.62. The maximum Gasteiger partial charge on any atom is 0.168 e. The standard InChI is InChI=1S/C10H10O2S/c1-7-3-5-9(11-7)13-10-6-4-8(2)12-10/h3-6H,1-2H3. The van der Waals surface area contributed by atoms with E-state index in [1.54, 1.807) is 0 Å². The van der Waals surface area contributed by atoms with Gasteiger partial charge in [-0.2, -0.15) is 0 Å². The van der Waals surface area contributed by atoms with E-state index >= 15 is 0 Å². The maximum atomic E-state index is 5.40. The van der Waals surface area contributed by atoms with Gasteiger partial charge in [0.25, 0.3) is 0 Å². The van der Waals surface area contributed by atoms with E-state index in [-0.39, 0.29) is 0 Å². The number of furan rings is 2. The minimum atomic E-state index is 0.867. The van der Waals surface area contributed by atoms with E-state index in [4.69, 9.17) is 8.83 Å². The monoisotopic (exact) mass is 194 g/mol.